The monoisotopic (exact) mass is 438 g/mol. The maximum atomic E-state index is 11.4. The van der Waals surface area contributed by atoms with Gasteiger partial charge in [0.1, 0.15) is 5.69 Å². The van der Waals surface area contributed by atoms with E-state index in [9.17, 15) is 9.90 Å². The van der Waals surface area contributed by atoms with Crippen molar-refractivity contribution in [1.82, 2.24) is 29.5 Å². The number of aromatic hydroxyl groups is 1. The molecule has 0 atom stereocenters. The van der Waals surface area contributed by atoms with E-state index in [0.29, 0.717) is 34.0 Å². The molecule has 4 aromatic rings. The summed E-state index contributed by atoms with van der Waals surface area (Å²) in [6.45, 7) is 2.50. The first kappa shape index (κ1) is 19.3. The van der Waals surface area contributed by atoms with Crippen LogP contribution in [0.5, 0.6) is 5.88 Å². The standard InChI is InChI=1S/C20H19ClN8O2/c1-10-2-3-13(21)6-11(10)8-22-18-26-16-12(7-15-17(30)27-20(31)25-15)9-23-29(16)19(28-18)24-14-4-5-14/h2-3,6-7,9,14,30H,4-5,8H2,1H3,(H,22,24,28)(H2,25,27,31)/b12-7+. The summed E-state index contributed by atoms with van der Waals surface area (Å²) in [4.78, 5) is 30.0. The van der Waals surface area contributed by atoms with Gasteiger partial charge in [-0.1, -0.05) is 17.7 Å². The van der Waals surface area contributed by atoms with E-state index in [0.717, 1.165) is 24.0 Å². The maximum absolute atomic E-state index is 11.4. The number of aromatic amines is 2. The Morgan fingerprint density at radius 1 is 1.35 bits per heavy atom. The maximum Gasteiger partial charge on any atom is 0.326 e. The van der Waals surface area contributed by atoms with Gasteiger partial charge in [-0.3, -0.25) is 4.98 Å². The summed E-state index contributed by atoms with van der Waals surface area (Å²) in [5.74, 6) is 0.143. The molecule has 0 radical (unpaired) electrons. The Hall–Kier alpha value is -3.66. The summed E-state index contributed by atoms with van der Waals surface area (Å²) in [7, 11) is 0. The fourth-order valence-electron chi connectivity index (χ4n) is 3.16. The number of fused-ring (bicyclic) bond motifs is 1. The van der Waals surface area contributed by atoms with Gasteiger partial charge >= 0.3 is 5.69 Å². The number of aromatic nitrogens is 6. The van der Waals surface area contributed by atoms with Crippen molar-refractivity contribution in [3.63, 3.8) is 0 Å². The normalized spacial score (nSPS) is 15.2. The minimum absolute atomic E-state index is 0.239. The molecule has 0 spiro atoms. The van der Waals surface area contributed by atoms with E-state index in [1.165, 1.54) is 0 Å². The average Bonchev–Trinajstić information content (AvgIpc) is 3.37. The summed E-state index contributed by atoms with van der Waals surface area (Å²) in [5.41, 5.74) is 2.82. The Kier molecular flexibility index (Phi) is 4.70. The Bertz CT molecular complexity index is 1460. The van der Waals surface area contributed by atoms with Gasteiger partial charge in [0.25, 0.3) is 5.62 Å². The summed E-state index contributed by atoms with van der Waals surface area (Å²) in [6, 6.07) is 5.96. The molecular formula is C20H19ClN8O2. The highest BCUT2D eigenvalue weighted by Crippen LogP contribution is 2.22. The molecule has 0 saturated heterocycles. The highest BCUT2D eigenvalue weighted by Gasteiger charge is 2.21. The van der Waals surface area contributed by atoms with E-state index in [1.807, 2.05) is 25.1 Å². The number of halogens is 1. The molecule has 5 rings (SSSR count). The van der Waals surface area contributed by atoms with Crippen molar-refractivity contribution >= 4 is 29.3 Å². The van der Waals surface area contributed by atoms with Crippen LogP contribution in [0, 0.1) is 6.92 Å². The highest BCUT2D eigenvalue weighted by atomic mass is 35.5. The lowest BCUT2D eigenvalue weighted by Gasteiger charge is -2.08. The molecule has 1 aromatic carbocycles. The second-order valence-electron chi connectivity index (χ2n) is 7.45. The predicted molar refractivity (Wildman–Crippen MR) is 115 cm³/mol. The van der Waals surface area contributed by atoms with Crippen molar-refractivity contribution < 1.29 is 5.11 Å². The summed E-state index contributed by atoms with van der Waals surface area (Å²) in [6.07, 6.45) is 5.23. The van der Waals surface area contributed by atoms with Crippen LogP contribution in [-0.4, -0.2) is 40.7 Å². The van der Waals surface area contributed by atoms with Crippen LogP contribution in [0.2, 0.25) is 5.02 Å². The van der Waals surface area contributed by atoms with Crippen molar-refractivity contribution in [3.8, 4) is 5.88 Å². The molecule has 31 heavy (non-hydrogen) atoms. The molecule has 4 N–H and O–H groups in total. The van der Waals surface area contributed by atoms with E-state index in [2.05, 4.69) is 35.3 Å². The molecule has 1 saturated carbocycles. The van der Waals surface area contributed by atoms with Crippen LogP contribution >= 0.6 is 11.6 Å². The first-order chi connectivity index (χ1) is 15.0. The summed E-state index contributed by atoms with van der Waals surface area (Å²) in [5, 5.41) is 18.7. The minimum atomic E-state index is -0.501. The van der Waals surface area contributed by atoms with Gasteiger partial charge < -0.3 is 15.4 Å². The molecule has 0 aliphatic heterocycles. The third-order valence-electron chi connectivity index (χ3n) is 5.01. The van der Waals surface area contributed by atoms with E-state index in [1.54, 1.807) is 16.8 Å². The van der Waals surface area contributed by atoms with E-state index >= 15 is 0 Å². The minimum Gasteiger partial charge on any atom is -0.493 e. The van der Waals surface area contributed by atoms with Crippen molar-refractivity contribution in [2.24, 2.45) is 4.99 Å². The number of hydrogen-bond acceptors (Lipinski definition) is 7. The third kappa shape index (κ3) is 4.02. The number of benzene rings is 1. The van der Waals surface area contributed by atoms with Crippen LogP contribution in [-0.2, 0) is 6.54 Å². The number of anilines is 1. The Morgan fingerprint density at radius 2 is 2.19 bits per heavy atom. The van der Waals surface area contributed by atoms with Crippen molar-refractivity contribution in [3.05, 3.63) is 67.6 Å². The first-order valence-electron chi connectivity index (χ1n) is 9.78. The lowest BCUT2D eigenvalue weighted by atomic mass is 10.1. The lowest BCUT2D eigenvalue weighted by molar-refractivity contribution is 0.454. The lowest BCUT2D eigenvalue weighted by Crippen LogP contribution is -2.24. The second-order valence-corrected chi connectivity index (χ2v) is 7.89. The number of nitrogens with zero attached hydrogens (tertiary/aromatic N) is 5. The molecule has 1 fully saturated rings. The fourth-order valence-corrected chi connectivity index (χ4v) is 3.36. The molecular weight excluding hydrogens is 420 g/mol. The largest absolute Gasteiger partial charge is 0.493 e. The van der Waals surface area contributed by atoms with E-state index in [4.69, 9.17) is 11.6 Å². The molecule has 11 heteroatoms. The first-order valence-corrected chi connectivity index (χ1v) is 10.2. The Labute approximate surface area is 180 Å². The molecule has 0 unspecified atom stereocenters. The van der Waals surface area contributed by atoms with Gasteiger partial charge in [-0.05, 0) is 49.1 Å². The van der Waals surface area contributed by atoms with Gasteiger partial charge in [-0.25, -0.2) is 9.79 Å². The van der Waals surface area contributed by atoms with E-state index in [-0.39, 0.29) is 17.6 Å². The van der Waals surface area contributed by atoms with Gasteiger partial charge in [0, 0.05) is 16.8 Å². The van der Waals surface area contributed by atoms with Crippen LogP contribution in [0.3, 0.4) is 0 Å². The number of aryl methyl sites for hydroxylation is 1. The molecule has 3 aromatic heterocycles. The Morgan fingerprint density at radius 3 is 2.94 bits per heavy atom. The molecule has 10 nitrogen and oxygen atoms in total. The molecule has 3 heterocycles. The van der Waals surface area contributed by atoms with Gasteiger partial charge in [-0.2, -0.15) is 19.6 Å². The summed E-state index contributed by atoms with van der Waals surface area (Å²) >= 11 is 6.13. The van der Waals surface area contributed by atoms with Gasteiger partial charge in [-0.15, -0.1) is 0 Å². The number of nitrogens with one attached hydrogen (secondary N) is 3. The third-order valence-corrected chi connectivity index (χ3v) is 5.24. The zero-order chi connectivity index (χ0) is 21.5. The average molecular weight is 439 g/mol. The van der Waals surface area contributed by atoms with Crippen molar-refractivity contribution in [2.75, 3.05) is 5.32 Å². The van der Waals surface area contributed by atoms with Crippen LogP contribution in [0.1, 0.15) is 29.7 Å². The fraction of sp³-hybridized carbons (Fsp3) is 0.250. The molecule has 0 bridgehead atoms. The van der Waals surface area contributed by atoms with Gasteiger partial charge in [0.05, 0.1) is 12.2 Å². The molecule has 1 aliphatic rings. The number of rotatable bonds is 5. The number of hydrogen-bond donors (Lipinski definition) is 4. The van der Waals surface area contributed by atoms with Gasteiger partial charge in [0.15, 0.2) is 5.65 Å². The van der Waals surface area contributed by atoms with Crippen LogP contribution in [0.15, 0.2) is 34.2 Å². The second kappa shape index (κ2) is 7.55. The van der Waals surface area contributed by atoms with Crippen molar-refractivity contribution in [1.29, 1.82) is 0 Å². The quantitative estimate of drug-likeness (QED) is 0.367. The molecule has 0 amide bonds. The number of imidazole rings is 1. The van der Waals surface area contributed by atoms with Crippen LogP contribution in [0.4, 0.5) is 5.95 Å². The highest BCUT2D eigenvalue weighted by molar-refractivity contribution is 6.30. The smallest absolute Gasteiger partial charge is 0.326 e. The van der Waals surface area contributed by atoms with Crippen LogP contribution in [0.25, 0.3) is 11.7 Å². The van der Waals surface area contributed by atoms with Crippen molar-refractivity contribution in [2.45, 2.75) is 32.4 Å². The number of H-pyrrole nitrogens is 2. The zero-order valence-corrected chi connectivity index (χ0v) is 17.3. The SMILES string of the molecule is Cc1ccc(Cl)cc1CNc1nc(=NC2CC2)n2nc/c(=C\c3[nH]c(=O)[nH]c3O)c2n1. The zero-order valence-electron chi connectivity index (χ0n) is 16.6. The molecule has 158 valence electrons. The van der Waals surface area contributed by atoms with E-state index < -0.39 is 5.69 Å². The van der Waals surface area contributed by atoms with Gasteiger partial charge in [0.2, 0.25) is 11.8 Å². The van der Waals surface area contributed by atoms with Crippen LogP contribution < -0.4 is 21.8 Å². The predicted octanol–water partition coefficient (Wildman–Crippen LogP) is 1.03. The summed E-state index contributed by atoms with van der Waals surface area (Å²) < 4.78 is 1.56. The topological polar surface area (TPSA) is 136 Å². The Balaban J connectivity index is 1.59. The molecule has 1 aliphatic carbocycles.